The van der Waals surface area contributed by atoms with E-state index in [9.17, 15) is 14.0 Å². The van der Waals surface area contributed by atoms with Crippen LogP contribution in [-0.4, -0.2) is 18.2 Å². The number of halogens is 2. The molecule has 5 heteroatoms. The molecular weight excluding hydrogens is 233 g/mol. The minimum Gasteiger partial charge on any atom is -0.301 e. The van der Waals surface area contributed by atoms with Crippen molar-refractivity contribution in [2.45, 2.75) is 0 Å². The van der Waals surface area contributed by atoms with Crippen molar-refractivity contribution in [3.8, 4) is 0 Å². The van der Waals surface area contributed by atoms with Crippen LogP contribution in [0.15, 0.2) is 29.8 Å². The maximum atomic E-state index is 13.0. The average Bonchev–Trinajstić information content (AvgIpc) is 2.50. The predicted molar refractivity (Wildman–Crippen MR) is 58.1 cm³/mol. The van der Waals surface area contributed by atoms with E-state index in [1.54, 1.807) is 0 Å². The zero-order valence-electron chi connectivity index (χ0n) is 8.11. The van der Waals surface area contributed by atoms with Crippen molar-refractivity contribution in [2.24, 2.45) is 0 Å². The number of rotatable bonds is 2. The lowest BCUT2D eigenvalue weighted by atomic mass is 10.1. The number of amides is 1. The Morgan fingerprint density at radius 2 is 2.12 bits per heavy atom. The zero-order valence-corrected chi connectivity index (χ0v) is 8.87. The first-order chi connectivity index (χ1) is 7.65. The van der Waals surface area contributed by atoms with Crippen LogP contribution in [0.4, 0.5) is 10.1 Å². The zero-order chi connectivity index (χ0) is 11.7. The van der Waals surface area contributed by atoms with Crippen molar-refractivity contribution >= 4 is 29.0 Å². The lowest BCUT2D eigenvalue weighted by Crippen LogP contribution is -2.29. The third-order valence-electron chi connectivity index (χ3n) is 2.31. The topological polar surface area (TPSA) is 37.4 Å². The fraction of sp³-hybridized carbons (Fsp3) is 0.0909. The first kappa shape index (κ1) is 10.8. The van der Waals surface area contributed by atoms with Gasteiger partial charge in [-0.15, -0.1) is 0 Å². The van der Waals surface area contributed by atoms with Gasteiger partial charge in [0.15, 0.2) is 0 Å². The Morgan fingerprint density at radius 1 is 1.38 bits per heavy atom. The molecule has 1 aromatic rings. The second kappa shape index (κ2) is 4.06. The Labute approximate surface area is 96.1 Å². The van der Waals surface area contributed by atoms with Crippen LogP contribution in [0.3, 0.4) is 0 Å². The summed E-state index contributed by atoms with van der Waals surface area (Å²) in [7, 11) is 0. The van der Waals surface area contributed by atoms with Gasteiger partial charge in [-0.05, 0) is 18.2 Å². The maximum Gasteiger partial charge on any atom is 0.299 e. The van der Waals surface area contributed by atoms with E-state index in [1.165, 1.54) is 28.6 Å². The quantitative estimate of drug-likeness (QED) is 0.742. The van der Waals surface area contributed by atoms with Crippen molar-refractivity contribution in [1.29, 1.82) is 0 Å². The standard InChI is InChI=1S/C11H7ClFNO2/c12-4-1-5-14-9-6-7(13)2-3-8(9)10(15)11(14)16/h1-4,6H,5H2/b4-1+. The Bertz CT molecular complexity index is 499. The summed E-state index contributed by atoms with van der Waals surface area (Å²) >= 11 is 5.34. The van der Waals surface area contributed by atoms with Crippen LogP contribution in [0, 0.1) is 5.82 Å². The summed E-state index contributed by atoms with van der Waals surface area (Å²) in [6, 6.07) is 3.64. The summed E-state index contributed by atoms with van der Waals surface area (Å²) < 4.78 is 13.0. The minimum absolute atomic E-state index is 0.157. The number of Topliss-reactive ketones (excluding diaryl/α,β-unsaturated/α-hetero) is 1. The molecule has 1 amide bonds. The Balaban J connectivity index is 2.47. The van der Waals surface area contributed by atoms with Crippen LogP contribution in [-0.2, 0) is 4.79 Å². The van der Waals surface area contributed by atoms with Gasteiger partial charge >= 0.3 is 0 Å². The van der Waals surface area contributed by atoms with Gasteiger partial charge in [-0.2, -0.15) is 0 Å². The highest BCUT2D eigenvalue weighted by molar-refractivity contribution is 6.52. The molecule has 16 heavy (non-hydrogen) atoms. The van der Waals surface area contributed by atoms with Gasteiger partial charge in [-0.1, -0.05) is 17.7 Å². The van der Waals surface area contributed by atoms with Gasteiger partial charge in [0.05, 0.1) is 11.3 Å². The molecule has 0 spiro atoms. The summed E-state index contributed by atoms with van der Waals surface area (Å²) in [6.45, 7) is 0.157. The molecule has 0 bridgehead atoms. The number of hydrogen-bond acceptors (Lipinski definition) is 2. The lowest BCUT2D eigenvalue weighted by molar-refractivity contribution is -0.114. The molecule has 1 aliphatic heterocycles. The first-order valence-electron chi connectivity index (χ1n) is 4.56. The first-order valence-corrected chi connectivity index (χ1v) is 4.99. The lowest BCUT2D eigenvalue weighted by Gasteiger charge is -2.13. The molecule has 0 N–H and O–H groups in total. The van der Waals surface area contributed by atoms with E-state index in [4.69, 9.17) is 11.6 Å². The van der Waals surface area contributed by atoms with Gasteiger partial charge in [-0.25, -0.2) is 4.39 Å². The SMILES string of the molecule is O=C1C(=O)N(C/C=C/Cl)c2cc(F)ccc21. The summed E-state index contributed by atoms with van der Waals surface area (Å²) in [5, 5.41) is 0. The molecule has 2 rings (SSSR count). The maximum absolute atomic E-state index is 13.0. The van der Waals surface area contributed by atoms with Crippen molar-refractivity contribution in [3.05, 3.63) is 41.2 Å². The normalized spacial score (nSPS) is 15.0. The molecule has 0 saturated heterocycles. The van der Waals surface area contributed by atoms with Crippen LogP contribution in [0.1, 0.15) is 10.4 Å². The van der Waals surface area contributed by atoms with Crippen molar-refractivity contribution in [3.63, 3.8) is 0 Å². The Kier molecular flexibility index (Phi) is 2.75. The molecule has 0 unspecified atom stereocenters. The summed E-state index contributed by atoms with van der Waals surface area (Å²) in [5.41, 5.74) is 1.77. The molecule has 3 nitrogen and oxygen atoms in total. The third kappa shape index (κ3) is 1.61. The molecule has 1 aliphatic rings. The Morgan fingerprint density at radius 3 is 2.81 bits per heavy atom. The van der Waals surface area contributed by atoms with E-state index in [-0.39, 0.29) is 12.1 Å². The molecule has 0 aromatic heterocycles. The van der Waals surface area contributed by atoms with Gasteiger partial charge in [0.1, 0.15) is 5.82 Å². The second-order valence-electron chi connectivity index (χ2n) is 3.27. The predicted octanol–water partition coefficient (Wildman–Crippen LogP) is 2.11. The van der Waals surface area contributed by atoms with E-state index in [2.05, 4.69) is 0 Å². The molecule has 0 aliphatic carbocycles. The highest BCUT2D eigenvalue weighted by Gasteiger charge is 2.35. The highest BCUT2D eigenvalue weighted by atomic mass is 35.5. The molecule has 1 aromatic carbocycles. The number of ketones is 1. The number of benzene rings is 1. The van der Waals surface area contributed by atoms with E-state index in [0.717, 1.165) is 6.07 Å². The van der Waals surface area contributed by atoms with Crippen molar-refractivity contribution in [2.75, 3.05) is 11.4 Å². The van der Waals surface area contributed by atoms with Gasteiger partial charge in [0.25, 0.3) is 11.7 Å². The third-order valence-corrected chi connectivity index (χ3v) is 2.49. The fourth-order valence-electron chi connectivity index (χ4n) is 1.59. The smallest absolute Gasteiger partial charge is 0.299 e. The summed E-state index contributed by atoms with van der Waals surface area (Å²) in [5.74, 6) is -1.76. The highest BCUT2D eigenvalue weighted by Crippen LogP contribution is 2.29. The van der Waals surface area contributed by atoms with Crippen LogP contribution in [0.5, 0.6) is 0 Å². The van der Waals surface area contributed by atoms with Crippen molar-refractivity contribution in [1.82, 2.24) is 0 Å². The van der Waals surface area contributed by atoms with E-state index >= 15 is 0 Å². The number of anilines is 1. The number of carbonyl (C=O) groups is 2. The second-order valence-corrected chi connectivity index (χ2v) is 3.52. The van der Waals surface area contributed by atoms with Crippen molar-refractivity contribution < 1.29 is 14.0 Å². The molecule has 0 atom stereocenters. The monoisotopic (exact) mass is 239 g/mol. The molecule has 1 heterocycles. The average molecular weight is 240 g/mol. The number of nitrogens with zero attached hydrogens (tertiary/aromatic N) is 1. The van der Waals surface area contributed by atoms with Crippen LogP contribution < -0.4 is 4.90 Å². The van der Waals surface area contributed by atoms with E-state index < -0.39 is 17.5 Å². The number of carbonyl (C=O) groups excluding carboxylic acids is 2. The van der Waals surface area contributed by atoms with Crippen LogP contribution in [0.2, 0.25) is 0 Å². The van der Waals surface area contributed by atoms with Gasteiger partial charge in [0.2, 0.25) is 0 Å². The summed E-state index contributed by atoms with van der Waals surface area (Å²) in [4.78, 5) is 24.3. The molecule has 0 saturated carbocycles. The van der Waals surface area contributed by atoms with Crippen LogP contribution >= 0.6 is 11.6 Å². The molecule has 0 radical (unpaired) electrons. The summed E-state index contributed by atoms with van der Waals surface area (Å²) in [6.07, 6.45) is 1.51. The van der Waals surface area contributed by atoms with Gasteiger partial charge < -0.3 is 4.90 Å². The largest absolute Gasteiger partial charge is 0.301 e. The van der Waals surface area contributed by atoms with E-state index in [0.29, 0.717) is 5.69 Å². The number of hydrogen-bond donors (Lipinski definition) is 0. The minimum atomic E-state index is -0.657. The van der Waals surface area contributed by atoms with Gasteiger partial charge in [-0.3, -0.25) is 9.59 Å². The molecule has 82 valence electrons. The molecule has 0 fully saturated rings. The van der Waals surface area contributed by atoms with Gasteiger partial charge in [0, 0.05) is 12.1 Å². The Hall–Kier alpha value is -1.68. The fourth-order valence-corrected chi connectivity index (χ4v) is 1.67. The molecular formula is C11H7ClFNO2. The van der Waals surface area contributed by atoms with Crippen LogP contribution in [0.25, 0.3) is 0 Å². The van der Waals surface area contributed by atoms with E-state index in [1.807, 2.05) is 0 Å². The number of fused-ring (bicyclic) bond motifs is 1.